The predicted octanol–water partition coefficient (Wildman–Crippen LogP) is 4.67. The van der Waals surface area contributed by atoms with Crippen molar-refractivity contribution in [3.05, 3.63) is 106 Å². The van der Waals surface area contributed by atoms with Crippen molar-refractivity contribution in [1.82, 2.24) is 9.29 Å². The average Bonchev–Trinajstić information content (AvgIpc) is 3.27. The van der Waals surface area contributed by atoms with Crippen LogP contribution < -0.4 is 5.32 Å². The minimum atomic E-state index is -3.96. The van der Waals surface area contributed by atoms with Gasteiger partial charge in [0.2, 0.25) is 0 Å². The number of nitrogens with zero attached hydrogens (tertiary/aromatic N) is 2. The van der Waals surface area contributed by atoms with Gasteiger partial charge in [-0.05, 0) is 48.4 Å². The molecule has 8 nitrogen and oxygen atoms in total. The number of carbonyl (C=O) groups is 1. The highest BCUT2D eigenvalue weighted by atomic mass is 32.2. The predicted molar refractivity (Wildman–Crippen MR) is 125 cm³/mol. The average molecular weight is 464 g/mol. The maximum Gasteiger partial charge on any atom is 0.269 e. The molecule has 4 rings (SSSR count). The normalized spacial score (nSPS) is 12.4. The molecule has 0 radical (unpaired) electrons. The monoisotopic (exact) mass is 463 g/mol. The summed E-state index contributed by atoms with van der Waals surface area (Å²) in [5.41, 5.74) is 1.64. The van der Waals surface area contributed by atoms with E-state index >= 15 is 0 Å². The number of aromatic nitrogens is 1. The number of benzene rings is 3. The van der Waals surface area contributed by atoms with Crippen LogP contribution in [0.15, 0.2) is 90.0 Å². The molecule has 4 aromatic rings. The van der Waals surface area contributed by atoms with Crippen LogP contribution in [-0.4, -0.2) is 23.2 Å². The number of nitrogens with one attached hydrogen (secondary N) is 1. The molecule has 0 aliphatic carbocycles. The Morgan fingerprint density at radius 1 is 1.03 bits per heavy atom. The second kappa shape index (κ2) is 8.87. The van der Waals surface area contributed by atoms with E-state index in [0.29, 0.717) is 16.5 Å². The quantitative estimate of drug-likeness (QED) is 0.316. The van der Waals surface area contributed by atoms with Gasteiger partial charge in [-0.2, -0.15) is 0 Å². The van der Waals surface area contributed by atoms with Gasteiger partial charge in [0.25, 0.3) is 21.6 Å². The maximum absolute atomic E-state index is 13.1. The molecule has 33 heavy (non-hydrogen) atoms. The Kier molecular flexibility index (Phi) is 5.97. The van der Waals surface area contributed by atoms with Crippen LogP contribution in [0.5, 0.6) is 0 Å². The lowest BCUT2D eigenvalue weighted by molar-refractivity contribution is -0.384. The van der Waals surface area contributed by atoms with Crippen molar-refractivity contribution >= 4 is 32.5 Å². The minimum absolute atomic E-state index is 0.0685. The second-order valence-corrected chi connectivity index (χ2v) is 9.30. The zero-order valence-corrected chi connectivity index (χ0v) is 18.5. The minimum Gasteiger partial charge on any atom is -0.345 e. The maximum atomic E-state index is 13.1. The first-order chi connectivity index (χ1) is 15.8. The fraction of sp³-hybridized carbons (Fsp3) is 0.125. The third-order valence-corrected chi connectivity index (χ3v) is 7.14. The largest absolute Gasteiger partial charge is 0.345 e. The number of fused-ring (bicyclic) bond motifs is 1. The zero-order valence-electron chi connectivity index (χ0n) is 17.7. The Bertz CT molecular complexity index is 1430. The van der Waals surface area contributed by atoms with Crippen molar-refractivity contribution in [3.63, 3.8) is 0 Å². The number of nitro benzene ring substituents is 1. The van der Waals surface area contributed by atoms with E-state index in [-0.39, 0.29) is 22.5 Å². The van der Waals surface area contributed by atoms with E-state index in [1.165, 1.54) is 18.3 Å². The third kappa shape index (κ3) is 4.35. The summed E-state index contributed by atoms with van der Waals surface area (Å²) in [4.78, 5) is 23.0. The Morgan fingerprint density at radius 3 is 2.36 bits per heavy atom. The summed E-state index contributed by atoms with van der Waals surface area (Å²) in [6.45, 7) is 1.99. The third-order valence-electron chi connectivity index (χ3n) is 5.44. The summed E-state index contributed by atoms with van der Waals surface area (Å²) in [6.07, 6.45) is 2.13. The van der Waals surface area contributed by atoms with Crippen LogP contribution in [0.4, 0.5) is 5.69 Å². The number of amides is 1. The highest BCUT2D eigenvalue weighted by Gasteiger charge is 2.21. The van der Waals surface area contributed by atoms with Crippen LogP contribution in [0.3, 0.4) is 0 Å². The van der Waals surface area contributed by atoms with E-state index in [4.69, 9.17) is 0 Å². The standard InChI is InChI=1S/C24H21N3O5S/c1-2-22(17-6-4-3-5-7-17)25-24(28)19-8-13-23-18(16-19)14-15-26(23)33(31,32)21-11-9-20(10-12-21)27(29)30/h3-16,22H,2H2,1H3,(H,25,28). The molecule has 1 amide bonds. The highest BCUT2D eigenvalue weighted by molar-refractivity contribution is 7.90. The number of hydrogen-bond acceptors (Lipinski definition) is 5. The molecule has 9 heteroatoms. The number of non-ortho nitro benzene ring substituents is 1. The molecule has 1 N–H and O–H groups in total. The van der Waals surface area contributed by atoms with Crippen LogP contribution in [-0.2, 0) is 10.0 Å². The summed E-state index contributed by atoms with van der Waals surface area (Å²) in [6, 6.07) is 20.7. The molecule has 0 saturated heterocycles. The summed E-state index contributed by atoms with van der Waals surface area (Å²) >= 11 is 0. The van der Waals surface area contributed by atoms with E-state index in [1.807, 2.05) is 37.3 Å². The van der Waals surface area contributed by atoms with Crippen molar-refractivity contribution in [2.75, 3.05) is 0 Å². The molecule has 1 unspecified atom stereocenters. The lowest BCUT2D eigenvalue weighted by Gasteiger charge is -2.17. The van der Waals surface area contributed by atoms with Crippen LogP contribution in [0, 0.1) is 10.1 Å². The molecule has 0 aliphatic heterocycles. The van der Waals surface area contributed by atoms with Gasteiger partial charge in [0.1, 0.15) is 0 Å². The number of rotatable bonds is 7. The Labute approximate surface area is 190 Å². The van der Waals surface area contributed by atoms with Crippen LogP contribution >= 0.6 is 0 Å². The molecule has 3 aromatic carbocycles. The zero-order chi connectivity index (χ0) is 23.6. The molecular formula is C24H21N3O5S. The SMILES string of the molecule is CCC(NC(=O)c1ccc2c(ccn2S(=O)(=O)c2ccc([N+](=O)[O-])cc2)c1)c1ccccc1. The lowest BCUT2D eigenvalue weighted by Crippen LogP contribution is -2.28. The van der Waals surface area contributed by atoms with Gasteiger partial charge in [-0.3, -0.25) is 14.9 Å². The van der Waals surface area contributed by atoms with Crippen molar-refractivity contribution in [2.45, 2.75) is 24.3 Å². The van der Waals surface area contributed by atoms with Crippen molar-refractivity contribution in [2.24, 2.45) is 0 Å². The number of carbonyl (C=O) groups excluding carboxylic acids is 1. The highest BCUT2D eigenvalue weighted by Crippen LogP contribution is 2.25. The fourth-order valence-corrected chi connectivity index (χ4v) is 5.02. The molecule has 168 valence electrons. The lowest BCUT2D eigenvalue weighted by atomic mass is 10.0. The van der Waals surface area contributed by atoms with Gasteiger partial charge in [-0.25, -0.2) is 12.4 Å². The van der Waals surface area contributed by atoms with Gasteiger partial charge >= 0.3 is 0 Å². The summed E-state index contributed by atoms with van der Waals surface area (Å²) in [5.74, 6) is -0.251. The first kappa shape index (κ1) is 22.2. The van der Waals surface area contributed by atoms with Gasteiger partial charge < -0.3 is 5.32 Å². The molecule has 1 aromatic heterocycles. The van der Waals surface area contributed by atoms with E-state index in [2.05, 4.69) is 5.32 Å². The smallest absolute Gasteiger partial charge is 0.269 e. The molecule has 0 aliphatic rings. The first-order valence-electron chi connectivity index (χ1n) is 10.3. The van der Waals surface area contributed by atoms with Crippen molar-refractivity contribution < 1.29 is 18.1 Å². The number of nitro groups is 1. The van der Waals surface area contributed by atoms with Gasteiger partial charge in [-0.1, -0.05) is 37.3 Å². The molecule has 0 spiro atoms. The van der Waals surface area contributed by atoms with Crippen molar-refractivity contribution in [3.8, 4) is 0 Å². The van der Waals surface area contributed by atoms with E-state index in [9.17, 15) is 23.3 Å². The molecule has 0 saturated carbocycles. The van der Waals surface area contributed by atoms with Gasteiger partial charge in [0.05, 0.1) is 21.4 Å². The summed E-state index contributed by atoms with van der Waals surface area (Å²) in [7, 11) is -3.96. The summed E-state index contributed by atoms with van der Waals surface area (Å²) in [5, 5.41) is 14.4. The molecule has 0 fully saturated rings. The van der Waals surface area contributed by atoms with E-state index in [0.717, 1.165) is 28.1 Å². The molecule has 1 atom stereocenters. The molecular weight excluding hydrogens is 442 g/mol. The summed E-state index contributed by atoms with van der Waals surface area (Å²) < 4.78 is 27.2. The Hall–Kier alpha value is -3.98. The molecule has 0 bridgehead atoms. The molecule has 1 heterocycles. The van der Waals surface area contributed by atoms with Gasteiger partial charge in [0, 0.05) is 29.3 Å². The van der Waals surface area contributed by atoms with Crippen LogP contribution in [0.25, 0.3) is 10.9 Å². The van der Waals surface area contributed by atoms with Crippen molar-refractivity contribution in [1.29, 1.82) is 0 Å². The fourth-order valence-electron chi connectivity index (χ4n) is 3.67. The van der Waals surface area contributed by atoms with E-state index in [1.54, 1.807) is 24.3 Å². The Morgan fingerprint density at radius 2 is 1.73 bits per heavy atom. The van der Waals surface area contributed by atoms with Gasteiger partial charge in [-0.15, -0.1) is 0 Å². The first-order valence-corrected chi connectivity index (χ1v) is 11.7. The topological polar surface area (TPSA) is 111 Å². The van der Waals surface area contributed by atoms with Gasteiger partial charge in [0.15, 0.2) is 0 Å². The second-order valence-electron chi connectivity index (χ2n) is 7.49. The van der Waals surface area contributed by atoms with Crippen LogP contribution in [0.2, 0.25) is 0 Å². The number of hydrogen-bond donors (Lipinski definition) is 1. The van der Waals surface area contributed by atoms with E-state index < -0.39 is 14.9 Å². The Balaban J connectivity index is 1.62. The van der Waals surface area contributed by atoms with Crippen LogP contribution in [0.1, 0.15) is 35.3 Å².